The van der Waals surface area contributed by atoms with Crippen molar-refractivity contribution in [1.29, 1.82) is 0 Å². The van der Waals surface area contributed by atoms with E-state index in [-0.39, 0.29) is 11.6 Å². The van der Waals surface area contributed by atoms with Gasteiger partial charge in [0.2, 0.25) is 5.91 Å². The van der Waals surface area contributed by atoms with Crippen LogP contribution in [0.15, 0.2) is 55.1 Å². The van der Waals surface area contributed by atoms with E-state index in [4.69, 9.17) is 0 Å². The molecule has 0 saturated heterocycles. The van der Waals surface area contributed by atoms with E-state index in [2.05, 4.69) is 22.5 Å². The number of nitrogens with one attached hydrogen (secondary N) is 3. The number of halogens is 3. The smallest absolute Gasteiger partial charge is 0.355 e. The van der Waals surface area contributed by atoms with Gasteiger partial charge in [-0.05, 0) is 48.5 Å². The normalized spacial score (nSPS) is 10.8. The van der Waals surface area contributed by atoms with Crippen molar-refractivity contribution >= 4 is 28.9 Å². The molecule has 26 heavy (non-hydrogen) atoms. The van der Waals surface area contributed by atoms with Gasteiger partial charge in [-0.15, -0.1) is 0 Å². The van der Waals surface area contributed by atoms with Crippen LogP contribution in [-0.4, -0.2) is 18.9 Å². The topological polar surface area (TPSA) is 70.2 Å². The van der Waals surface area contributed by atoms with E-state index in [0.29, 0.717) is 16.9 Å². The van der Waals surface area contributed by atoms with Gasteiger partial charge >= 0.3 is 6.18 Å². The lowest BCUT2D eigenvalue weighted by Gasteiger charge is -2.15. The van der Waals surface area contributed by atoms with Gasteiger partial charge in [0.1, 0.15) is 0 Å². The quantitative estimate of drug-likeness (QED) is 0.705. The van der Waals surface area contributed by atoms with Gasteiger partial charge in [0.05, 0.1) is 16.9 Å². The van der Waals surface area contributed by atoms with Crippen molar-refractivity contribution in [1.82, 2.24) is 5.32 Å². The molecule has 5 nitrogen and oxygen atoms in total. The minimum absolute atomic E-state index is 0.288. The van der Waals surface area contributed by atoms with Crippen LogP contribution in [0.4, 0.5) is 30.2 Å². The van der Waals surface area contributed by atoms with Crippen LogP contribution in [0.25, 0.3) is 0 Å². The van der Waals surface area contributed by atoms with Crippen molar-refractivity contribution in [2.75, 3.05) is 17.7 Å². The average Bonchev–Trinajstić information content (AvgIpc) is 2.62. The minimum Gasteiger partial charge on any atom is -0.355 e. The van der Waals surface area contributed by atoms with Gasteiger partial charge in [0.15, 0.2) is 0 Å². The van der Waals surface area contributed by atoms with Crippen molar-refractivity contribution < 1.29 is 22.8 Å². The molecule has 0 aliphatic carbocycles. The van der Waals surface area contributed by atoms with Gasteiger partial charge in [-0.1, -0.05) is 6.58 Å². The summed E-state index contributed by atoms with van der Waals surface area (Å²) in [7, 11) is 1.47. The second-order valence-electron chi connectivity index (χ2n) is 5.23. The first-order valence-electron chi connectivity index (χ1n) is 7.48. The molecule has 0 aromatic heterocycles. The van der Waals surface area contributed by atoms with Gasteiger partial charge in [0, 0.05) is 18.3 Å². The molecule has 0 spiro atoms. The Morgan fingerprint density at radius 1 is 1.04 bits per heavy atom. The molecule has 8 heteroatoms. The van der Waals surface area contributed by atoms with E-state index in [1.165, 1.54) is 31.3 Å². The van der Waals surface area contributed by atoms with Crippen LogP contribution in [0, 0.1) is 0 Å². The molecular formula is C18H16F3N3O2. The van der Waals surface area contributed by atoms with Crippen LogP contribution in [0.1, 0.15) is 15.9 Å². The minimum atomic E-state index is -4.42. The summed E-state index contributed by atoms with van der Waals surface area (Å²) in [6, 6.07) is 8.96. The largest absolute Gasteiger partial charge is 0.416 e. The summed E-state index contributed by atoms with van der Waals surface area (Å²) in [5, 5.41) is 7.94. The Bertz CT molecular complexity index is 831. The van der Waals surface area contributed by atoms with Crippen LogP contribution < -0.4 is 16.0 Å². The molecule has 0 unspecified atom stereocenters. The molecule has 136 valence electrons. The summed E-state index contributed by atoms with van der Waals surface area (Å²) in [5.41, 5.74) is 0.631. The maximum atomic E-state index is 12.6. The molecule has 0 atom stereocenters. The number of hydrogen-bond donors (Lipinski definition) is 3. The van der Waals surface area contributed by atoms with Crippen molar-refractivity contribution in [3.63, 3.8) is 0 Å². The molecule has 2 rings (SSSR count). The van der Waals surface area contributed by atoms with Gasteiger partial charge in [-0.2, -0.15) is 13.2 Å². The predicted molar refractivity (Wildman–Crippen MR) is 93.4 cm³/mol. The standard InChI is InChI=1S/C18H16F3N3O2/c1-3-16(25)24-15-10-11(17(26)22-2)4-9-14(15)23-13-7-5-12(6-8-13)18(19,20)21/h3-10,23H,1H2,2H3,(H,22,26)(H,24,25). The number of hydrogen-bond acceptors (Lipinski definition) is 3. The summed E-state index contributed by atoms with van der Waals surface area (Å²) in [6.07, 6.45) is -3.36. The zero-order chi connectivity index (χ0) is 19.3. The third-order valence-corrected chi connectivity index (χ3v) is 3.44. The highest BCUT2D eigenvalue weighted by molar-refractivity contribution is 6.03. The molecular weight excluding hydrogens is 347 g/mol. The Morgan fingerprint density at radius 2 is 1.69 bits per heavy atom. The van der Waals surface area contributed by atoms with Crippen LogP contribution in [0.2, 0.25) is 0 Å². The Labute approximate surface area is 147 Å². The van der Waals surface area contributed by atoms with Crippen molar-refractivity contribution in [2.45, 2.75) is 6.18 Å². The van der Waals surface area contributed by atoms with Crippen molar-refractivity contribution in [2.24, 2.45) is 0 Å². The third-order valence-electron chi connectivity index (χ3n) is 3.44. The van der Waals surface area contributed by atoms with Crippen molar-refractivity contribution in [3.05, 3.63) is 66.2 Å². The fourth-order valence-electron chi connectivity index (χ4n) is 2.12. The molecule has 0 radical (unpaired) electrons. The molecule has 0 aliphatic heterocycles. The number of carbonyl (C=O) groups excluding carboxylic acids is 2. The lowest BCUT2D eigenvalue weighted by atomic mass is 10.1. The molecule has 2 aromatic rings. The van der Waals surface area contributed by atoms with Crippen LogP contribution in [0.5, 0.6) is 0 Å². The number of carbonyl (C=O) groups is 2. The van der Waals surface area contributed by atoms with Gasteiger partial charge in [-0.25, -0.2) is 0 Å². The first-order chi connectivity index (χ1) is 12.2. The lowest BCUT2D eigenvalue weighted by Crippen LogP contribution is -2.18. The summed E-state index contributed by atoms with van der Waals surface area (Å²) < 4.78 is 37.9. The average molecular weight is 363 g/mol. The van der Waals surface area contributed by atoms with Gasteiger partial charge in [0.25, 0.3) is 5.91 Å². The number of anilines is 3. The maximum Gasteiger partial charge on any atom is 0.416 e. The highest BCUT2D eigenvalue weighted by Crippen LogP contribution is 2.32. The number of rotatable bonds is 5. The first kappa shape index (κ1) is 19.0. The van der Waals surface area contributed by atoms with E-state index in [1.807, 2.05) is 0 Å². The Hall–Kier alpha value is -3.29. The Kier molecular flexibility index (Phi) is 5.66. The maximum absolute atomic E-state index is 12.6. The Morgan fingerprint density at radius 3 is 2.23 bits per heavy atom. The van der Waals surface area contributed by atoms with Crippen molar-refractivity contribution in [3.8, 4) is 0 Å². The molecule has 3 N–H and O–H groups in total. The fourth-order valence-corrected chi connectivity index (χ4v) is 2.12. The Balaban J connectivity index is 2.33. The molecule has 2 aromatic carbocycles. The first-order valence-corrected chi connectivity index (χ1v) is 7.48. The summed E-state index contributed by atoms with van der Waals surface area (Å²) in [6.45, 7) is 3.36. The van der Waals surface area contributed by atoms with Crippen LogP contribution >= 0.6 is 0 Å². The highest BCUT2D eigenvalue weighted by Gasteiger charge is 2.29. The second kappa shape index (κ2) is 7.73. The zero-order valence-electron chi connectivity index (χ0n) is 13.8. The van der Waals surface area contributed by atoms with Crippen LogP contribution in [-0.2, 0) is 11.0 Å². The monoisotopic (exact) mass is 363 g/mol. The van der Waals surface area contributed by atoms with Crippen LogP contribution in [0.3, 0.4) is 0 Å². The van der Waals surface area contributed by atoms with E-state index in [0.717, 1.165) is 18.2 Å². The molecule has 0 heterocycles. The second-order valence-corrected chi connectivity index (χ2v) is 5.23. The molecule has 0 aliphatic rings. The highest BCUT2D eigenvalue weighted by atomic mass is 19.4. The third kappa shape index (κ3) is 4.62. The van der Waals surface area contributed by atoms with Gasteiger partial charge in [-0.3, -0.25) is 9.59 Å². The predicted octanol–water partition coefficient (Wildman–Crippen LogP) is 3.93. The van der Waals surface area contributed by atoms with Gasteiger partial charge < -0.3 is 16.0 Å². The summed E-state index contributed by atoms with van der Waals surface area (Å²) >= 11 is 0. The molecule has 0 saturated carbocycles. The SMILES string of the molecule is C=CC(=O)Nc1cc(C(=O)NC)ccc1Nc1ccc(C(F)(F)F)cc1. The van der Waals surface area contributed by atoms with E-state index in [9.17, 15) is 22.8 Å². The lowest BCUT2D eigenvalue weighted by molar-refractivity contribution is -0.137. The van der Waals surface area contributed by atoms with E-state index in [1.54, 1.807) is 6.07 Å². The summed E-state index contributed by atoms with van der Waals surface area (Å²) in [4.78, 5) is 23.4. The molecule has 0 fully saturated rings. The number of amides is 2. The summed E-state index contributed by atoms with van der Waals surface area (Å²) in [5.74, 6) is -0.838. The molecule has 0 bridgehead atoms. The fraction of sp³-hybridized carbons (Fsp3) is 0.111. The van der Waals surface area contributed by atoms with E-state index >= 15 is 0 Å². The zero-order valence-corrected chi connectivity index (χ0v) is 13.8. The molecule has 2 amide bonds. The van der Waals surface area contributed by atoms with E-state index < -0.39 is 17.6 Å². The number of alkyl halides is 3. The number of benzene rings is 2.